The molecular weight excluding hydrogens is 260 g/mol. The lowest BCUT2D eigenvalue weighted by Crippen LogP contribution is -2.43. The van der Waals surface area contributed by atoms with Crippen molar-refractivity contribution in [3.63, 3.8) is 0 Å². The van der Waals surface area contributed by atoms with Crippen molar-refractivity contribution < 1.29 is 19.5 Å². The average Bonchev–Trinajstić information content (AvgIpc) is 2.37. The van der Waals surface area contributed by atoms with Crippen LogP contribution in [-0.4, -0.2) is 36.0 Å². The van der Waals surface area contributed by atoms with Gasteiger partial charge in [0.05, 0.1) is 5.92 Å². The molecule has 1 aliphatic rings. The van der Waals surface area contributed by atoms with E-state index in [0.717, 1.165) is 6.42 Å². The maximum Gasteiger partial charge on any atom is 0.303 e. The molecule has 6 heteroatoms. The minimum absolute atomic E-state index is 0.00357. The number of amides is 2. The molecule has 1 rings (SSSR count). The van der Waals surface area contributed by atoms with Crippen molar-refractivity contribution in [3.05, 3.63) is 0 Å². The van der Waals surface area contributed by atoms with E-state index in [1.165, 1.54) is 0 Å². The van der Waals surface area contributed by atoms with Crippen LogP contribution in [0.1, 0.15) is 46.0 Å². The molecule has 0 radical (unpaired) electrons. The highest BCUT2D eigenvalue weighted by molar-refractivity contribution is 5.83. The van der Waals surface area contributed by atoms with Gasteiger partial charge in [0.25, 0.3) is 0 Å². The average molecular weight is 284 g/mol. The molecule has 1 heterocycles. The Labute approximate surface area is 119 Å². The molecule has 0 saturated carbocycles. The minimum Gasteiger partial charge on any atom is -0.481 e. The molecule has 114 valence electrons. The van der Waals surface area contributed by atoms with Crippen LogP contribution in [0, 0.1) is 11.3 Å². The third kappa shape index (κ3) is 6.04. The molecule has 0 aromatic carbocycles. The van der Waals surface area contributed by atoms with E-state index in [-0.39, 0.29) is 29.6 Å². The van der Waals surface area contributed by atoms with Gasteiger partial charge in [-0.15, -0.1) is 0 Å². The van der Waals surface area contributed by atoms with Crippen molar-refractivity contribution in [1.82, 2.24) is 10.6 Å². The van der Waals surface area contributed by atoms with Crippen LogP contribution in [0.2, 0.25) is 0 Å². The first-order valence-electron chi connectivity index (χ1n) is 7.06. The van der Waals surface area contributed by atoms with Gasteiger partial charge in [0.1, 0.15) is 0 Å². The summed E-state index contributed by atoms with van der Waals surface area (Å²) >= 11 is 0. The van der Waals surface area contributed by atoms with Gasteiger partial charge in [-0.3, -0.25) is 14.4 Å². The first-order valence-corrected chi connectivity index (χ1v) is 7.06. The highest BCUT2D eigenvalue weighted by Gasteiger charge is 2.25. The zero-order valence-corrected chi connectivity index (χ0v) is 12.2. The number of carbonyl (C=O) groups is 3. The molecule has 1 saturated heterocycles. The molecule has 1 atom stereocenters. The van der Waals surface area contributed by atoms with E-state index in [1.54, 1.807) is 0 Å². The first kappa shape index (κ1) is 16.5. The lowest BCUT2D eigenvalue weighted by atomic mass is 9.84. The van der Waals surface area contributed by atoms with Crippen LogP contribution in [0.25, 0.3) is 0 Å². The van der Waals surface area contributed by atoms with Gasteiger partial charge in [0, 0.05) is 25.9 Å². The van der Waals surface area contributed by atoms with Gasteiger partial charge < -0.3 is 15.7 Å². The monoisotopic (exact) mass is 284 g/mol. The van der Waals surface area contributed by atoms with Gasteiger partial charge in [-0.1, -0.05) is 13.8 Å². The molecule has 2 amide bonds. The maximum atomic E-state index is 11.9. The predicted molar refractivity (Wildman–Crippen MR) is 74.0 cm³/mol. The van der Waals surface area contributed by atoms with Crippen LogP contribution in [0.5, 0.6) is 0 Å². The van der Waals surface area contributed by atoms with Crippen LogP contribution < -0.4 is 10.6 Å². The Morgan fingerprint density at radius 3 is 2.65 bits per heavy atom. The van der Waals surface area contributed by atoms with Crippen molar-refractivity contribution in [3.8, 4) is 0 Å². The summed E-state index contributed by atoms with van der Waals surface area (Å²) in [6, 6.07) is 0. The minimum atomic E-state index is -0.792. The molecular formula is C14H24N2O4. The number of hydrogen-bond donors (Lipinski definition) is 3. The van der Waals surface area contributed by atoms with Gasteiger partial charge in [-0.25, -0.2) is 0 Å². The van der Waals surface area contributed by atoms with E-state index in [0.29, 0.717) is 32.4 Å². The third-order valence-corrected chi connectivity index (χ3v) is 3.75. The second-order valence-corrected chi connectivity index (χ2v) is 6.14. The van der Waals surface area contributed by atoms with Crippen molar-refractivity contribution in [2.75, 3.05) is 13.1 Å². The van der Waals surface area contributed by atoms with Crippen molar-refractivity contribution in [1.29, 1.82) is 0 Å². The van der Waals surface area contributed by atoms with Gasteiger partial charge >= 0.3 is 5.97 Å². The molecule has 1 aliphatic heterocycles. The quantitative estimate of drug-likeness (QED) is 0.647. The number of piperidine rings is 1. The molecule has 1 fully saturated rings. The number of rotatable bonds is 7. The Morgan fingerprint density at radius 2 is 2.10 bits per heavy atom. The summed E-state index contributed by atoms with van der Waals surface area (Å²) in [7, 11) is 0. The van der Waals surface area contributed by atoms with Crippen molar-refractivity contribution >= 4 is 17.8 Å². The molecule has 0 aliphatic carbocycles. The molecule has 0 aromatic rings. The fourth-order valence-electron chi connectivity index (χ4n) is 2.20. The number of carbonyl (C=O) groups excluding carboxylic acids is 2. The zero-order chi connectivity index (χ0) is 15.2. The zero-order valence-electron chi connectivity index (χ0n) is 12.2. The van der Waals surface area contributed by atoms with Crippen molar-refractivity contribution in [2.24, 2.45) is 11.3 Å². The standard InChI is InChI=1S/C14H24N2O4/c1-14(2,6-5-12(18)19)7-8-15-13(20)10-3-4-11(17)16-9-10/h10H,3-9H2,1-2H3,(H,15,20)(H,16,17)(H,18,19). The largest absolute Gasteiger partial charge is 0.481 e. The number of aliphatic carboxylic acids is 1. The molecule has 1 unspecified atom stereocenters. The molecule has 0 aromatic heterocycles. The van der Waals surface area contributed by atoms with Gasteiger partial charge in [0.2, 0.25) is 11.8 Å². The van der Waals surface area contributed by atoms with E-state index in [2.05, 4.69) is 10.6 Å². The van der Waals surface area contributed by atoms with E-state index < -0.39 is 5.97 Å². The summed E-state index contributed by atoms with van der Waals surface area (Å²) in [6.45, 7) is 4.95. The second-order valence-electron chi connectivity index (χ2n) is 6.14. The topological polar surface area (TPSA) is 95.5 Å². The normalized spacial score (nSPS) is 19.3. The maximum absolute atomic E-state index is 11.9. The van der Waals surface area contributed by atoms with Crippen LogP contribution >= 0.6 is 0 Å². The fraction of sp³-hybridized carbons (Fsp3) is 0.786. The number of carboxylic acids is 1. The Morgan fingerprint density at radius 1 is 1.40 bits per heavy atom. The fourth-order valence-corrected chi connectivity index (χ4v) is 2.20. The highest BCUT2D eigenvalue weighted by Crippen LogP contribution is 2.26. The summed E-state index contributed by atoms with van der Waals surface area (Å²) < 4.78 is 0. The van der Waals surface area contributed by atoms with Gasteiger partial charge in [-0.05, 0) is 24.7 Å². The highest BCUT2D eigenvalue weighted by atomic mass is 16.4. The SMILES string of the molecule is CC(C)(CCNC(=O)C1CCC(=O)NC1)CCC(=O)O. The number of hydrogen-bond acceptors (Lipinski definition) is 3. The lowest BCUT2D eigenvalue weighted by molar-refractivity contribution is -0.137. The lowest BCUT2D eigenvalue weighted by Gasteiger charge is -2.25. The smallest absolute Gasteiger partial charge is 0.303 e. The van der Waals surface area contributed by atoms with E-state index >= 15 is 0 Å². The Kier molecular flexibility index (Phi) is 5.98. The second kappa shape index (κ2) is 7.26. The van der Waals surface area contributed by atoms with E-state index in [9.17, 15) is 14.4 Å². The van der Waals surface area contributed by atoms with E-state index in [4.69, 9.17) is 5.11 Å². The summed E-state index contributed by atoms with van der Waals surface area (Å²) in [6.07, 6.45) is 2.49. The molecule has 0 bridgehead atoms. The summed E-state index contributed by atoms with van der Waals surface area (Å²) in [4.78, 5) is 33.5. The number of carboxylic acid groups (broad SMARTS) is 1. The van der Waals surface area contributed by atoms with E-state index in [1.807, 2.05) is 13.8 Å². The Balaban J connectivity index is 2.24. The summed E-state index contributed by atoms with van der Waals surface area (Å²) in [5.41, 5.74) is -0.105. The summed E-state index contributed by atoms with van der Waals surface area (Å²) in [5, 5.41) is 14.2. The van der Waals surface area contributed by atoms with Crippen LogP contribution in [-0.2, 0) is 14.4 Å². The van der Waals surface area contributed by atoms with Gasteiger partial charge in [-0.2, -0.15) is 0 Å². The Hall–Kier alpha value is -1.59. The van der Waals surface area contributed by atoms with Crippen LogP contribution in [0.15, 0.2) is 0 Å². The van der Waals surface area contributed by atoms with Crippen LogP contribution in [0.3, 0.4) is 0 Å². The first-order chi connectivity index (χ1) is 9.30. The van der Waals surface area contributed by atoms with Gasteiger partial charge in [0.15, 0.2) is 0 Å². The summed E-state index contributed by atoms with van der Waals surface area (Å²) in [5.74, 6) is -0.960. The molecule has 0 spiro atoms. The Bertz CT molecular complexity index is 369. The third-order valence-electron chi connectivity index (χ3n) is 3.75. The molecule has 6 nitrogen and oxygen atoms in total. The number of nitrogens with one attached hydrogen (secondary N) is 2. The predicted octanol–water partition coefficient (Wildman–Crippen LogP) is 0.910. The molecule has 20 heavy (non-hydrogen) atoms. The van der Waals surface area contributed by atoms with Crippen LogP contribution in [0.4, 0.5) is 0 Å². The molecule has 3 N–H and O–H groups in total. The van der Waals surface area contributed by atoms with Crippen molar-refractivity contribution in [2.45, 2.75) is 46.0 Å².